The summed E-state index contributed by atoms with van der Waals surface area (Å²) in [5.41, 5.74) is 2.27. The Hall–Kier alpha value is -2.61. The molecule has 1 N–H and O–H groups in total. The Balaban J connectivity index is 1.72. The van der Waals surface area contributed by atoms with Crippen LogP contribution in [0.25, 0.3) is 5.69 Å². The van der Waals surface area contributed by atoms with Crippen LogP contribution in [0, 0.1) is 0 Å². The minimum Gasteiger partial charge on any atom is -0.298 e. The van der Waals surface area contributed by atoms with Crippen molar-refractivity contribution in [2.24, 2.45) is 0 Å². The molecule has 0 aliphatic heterocycles. The molecule has 3 rings (SSSR count). The summed E-state index contributed by atoms with van der Waals surface area (Å²) in [6.45, 7) is 6.27. The van der Waals surface area contributed by atoms with Crippen LogP contribution in [-0.4, -0.2) is 31.1 Å². The summed E-state index contributed by atoms with van der Waals surface area (Å²) in [7, 11) is 0. The van der Waals surface area contributed by atoms with E-state index in [1.807, 2.05) is 5.38 Å². The van der Waals surface area contributed by atoms with Crippen molar-refractivity contribution in [2.45, 2.75) is 26.2 Å². The summed E-state index contributed by atoms with van der Waals surface area (Å²) < 4.78 is 1.53. The molecule has 0 atom stereocenters. The van der Waals surface area contributed by atoms with Gasteiger partial charge in [-0.15, -0.1) is 16.4 Å². The van der Waals surface area contributed by atoms with E-state index in [2.05, 4.69) is 46.6 Å². The zero-order chi connectivity index (χ0) is 16.4. The van der Waals surface area contributed by atoms with Crippen LogP contribution in [0.5, 0.6) is 0 Å². The molecular weight excluding hydrogens is 312 g/mol. The van der Waals surface area contributed by atoms with Gasteiger partial charge in [0.15, 0.2) is 5.13 Å². The van der Waals surface area contributed by atoms with Crippen molar-refractivity contribution < 1.29 is 4.79 Å². The number of nitrogens with zero attached hydrogens (tertiary/aromatic N) is 5. The van der Waals surface area contributed by atoms with Crippen LogP contribution in [0.1, 0.15) is 36.8 Å². The first kappa shape index (κ1) is 15.3. The highest BCUT2D eigenvalue weighted by molar-refractivity contribution is 7.14. The van der Waals surface area contributed by atoms with Crippen LogP contribution < -0.4 is 5.32 Å². The van der Waals surface area contributed by atoms with Gasteiger partial charge in [-0.05, 0) is 34.7 Å². The van der Waals surface area contributed by atoms with Crippen molar-refractivity contribution in [3.63, 3.8) is 0 Å². The molecule has 0 saturated heterocycles. The largest absolute Gasteiger partial charge is 0.298 e. The Kier molecular flexibility index (Phi) is 3.91. The highest BCUT2D eigenvalue weighted by Gasteiger charge is 2.18. The predicted octanol–water partition coefficient (Wildman–Crippen LogP) is 2.67. The standard InChI is InChI=1S/C15H16N6OS/c1-15(2,3)12-8-23-14(17-12)18-13(22)10-4-6-11(7-5-10)21-9-16-19-20-21/h4-9H,1-3H3,(H,17,18,22). The second-order valence-corrected chi connectivity index (χ2v) is 6.90. The van der Waals surface area contributed by atoms with Crippen LogP contribution in [0.2, 0.25) is 0 Å². The van der Waals surface area contributed by atoms with Gasteiger partial charge in [-0.2, -0.15) is 0 Å². The van der Waals surface area contributed by atoms with Crippen molar-refractivity contribution in [1.82, 2.24) is 25.2 Å². The van der Waals surface area contributed by atoms with E-state index < -0.39 is 0 Å². The topological polar surface area (TPSA) is 85.6 Å². The molecule has 7 nitrogen and oxygen atoms in total. The zero-order valence-electron chi connectivity index (χ0n) is 13.0. The average molecular weight is 328 g/mol. The highest BCUT2D eigenvalue weighted by Crippen LogP contribution is 2.26. The van der Waals surface area contributed by atoms with E-state index in [0.29, 0.717) is 10.7 Å². The number of nitrogens with one attached hydrogen (secondary N) is 1. The molecule has 0 spiro atoms. The van der Waals surface area contributed by atoms with Crippen LogP contribution in [0.15, 0.2) is 36.0 Å². The molecule has 118 valence electrons. The molecule has 0 fully saturated rings. The summed E-state index contributed by atoms with van der Waals surface area (Å²) in [6, 6.07) is 7.02. The first-order valence-corrected chi connectivity index (χ1v) is 7.92. The lowest BCUT2D eigenvalue weighted by atomic mass is 9.93. The normalized spacial score (nSPS) is 11.4. The first-order chi connectivity index (χ1) is 10.9. The average Bonchev–Trinajstić information content (AvgIpc) is 3.18. The Bertz CT molecular complexity index is 801. The van der Waals surface area contributed by atoms with E-state index in [-0.39, 0.29) is 11.3 Å². The predicted molar refractivity (Wildman–Crippen MR) is 87.9 cm³/mol. The third kappa shape index (κ3) is 3.42. The summed E-state index contributed by atoms with van der Waals surface area (Å²) >= 11 is 1.43. The number of rotatable bonds is 3. The Morgan fingerprint density at radius 3 is 2.52 bits per heavy atom. The van der Waals surface area contributed by atoms with Gasteiger partial charge in [-0.1, -0.05) is 20.8 Å². The number of tetrazole rings is 1. The molecule has 2 aromatic heterocycles. The molecule has 2 heterocycles. The van der Waals surface area contributed by atoms with Crippen molar-refractivity contribution >= 4 is 22.4 Å². The van der Waals surface area contributed by atoms with Gasteiger partial charge in [0.1, 0.15) is 6.33 Å². The molecule has 1 aromatic carbocycles. The Morgan fingerprint density at radius 1 is 1.22 bits per heavy atom. The molecule has 3 aromatic rings. The van der Waals surface area contributed by atoms with E-state index in [0.717, 1.165) is 11.4 Å². The molecule has 1 amide bonds. The Morgan fingerprint density at radius 2 is 1.96 bits per heavy atom. The SMILES string of the molecule is CC(C)(C)c1csc(NC(=O)c2ccc(-n3cnnn3)cc2)n1. The highest BCUT2D eigenvalue weighted by atomic mass is 32.1. The number of carbonyl (C=O) groups excluding carboxylic acids is 1. The van der Waals surface area contributed by atoms with Gasteiger partial charge in [0.25, 0.3) is 5.91 Å². The van der Waals surface area contributed by atoms with Gasteiger partial charge in [-0.3, -0.25) is 10.1 Å². The smallest absolute Gasteiger partial charge is 0.257 e. The van der Waals surface area contributed by atoms with Gasteiger partial charge in [0.05, 0.1) is 11.4 Å². The fourth-order valence-corrected chi connectivity index (χ4v) is 2.82. The van der Waals surface area contributed by atoms with Crippen molar-refractivity contribution in [2.75, 3.05) is 5.32 Å². The van der Waals surface area contributed by atoms with E-state index in [1.165, 1.54) is 22.3 Å². The van der Waals surface area contributed by atoms with E-state index in [9.17, 15) is 4.79 Å². The maximum atomic E-state index is 12.3. The second kappa shape index (κ2) is 5.88. The third-order valence-corrected chi connectivity index (χ3v) is 3.99. The number of benzene rings is 1. The number of aromatic nitrogens is 5. The summed E-state index contributed by atoms with van der Waals surface area (Å²) in [4.78, 5) is 16.7. The van der Waals surface area contributed by atoms with Crippen molar-refractivity contribution in [3.8, 4) is 5.69 Å². The summed E-state index contributed by atoms with van der Waals surface area (Å²) in [5, 5.41) is 16.4. The number of hydrogen-bond acceptors (Lipinski definition) is 6. The lowest BCUT2D eigenvalue weighted by Crippen LogP contribution is -2.14. The molecule has 0 aliphatic carbocycles. The van der Waals surface area contributed by atoms with Crippen LogP contribution in [0.3, 0.4) is 0 Å². The van der Waals surface area contributed by atoms with Gasteiger partial charge in [-0.25, -0.2) is 9.67 Å². The zero-order valence-corrected chi connectivity index (χ0v) is 13.8. The van der Waals surface area contributed by atoms with Gasteiger partial charge >= 0.3 is 0 Å². The molecule has 8 heteroatoms. The second-order valence-electron chi connectivity index (χ2n) is 6.04. The van der Waals surface area contributed by atoms with Crippen LogP contribution >= 0.6 is 11.3 Å². The number of thiazole rings is 1. The molecule has 0 bridgehead atoms. The minimum atomic E-state index is -0.192. The number of anilines is 1. The maximum Gasteiger partial charge on any atom is 0.257 e. The lowest BCUT2D eigenvalue weighted by Gasteiger charge is -2.14. The van der Waals surface area contributed by atoms with E-state index in [1.54, 1.807) is 24.3 Å². The molecule has 0 saturated carbocycles. The maximum absolute atomic E-state index is 12.3. The van der Waals surface area contributed by atoms with E-state index in [4.69, 9.17) is 0 Å². The summed E-state index contributed by atoms with van der Waals surface area (Å²) in [6.07, 6.45) is 1.50. The molecule has 0 unspecified atom stereocenters. The minimum absolute atomic E-state index is 0.0348. The first-order valence-electron chi connectivity index (χ1n) is 7.04. The van der Waals surface area contributed by atoms with E-state index >= 15 is 0 Å². The lowest BCUT2D eigenvalue weighted by molar-refractivity contribution is 0.102. The van der Waals surface area contributed by atoms with Crippen molar-refractivity contribution in [1.29, 1.82) is 0 Å². The van der Waals surface area contributed by atoms with Crippen LogP contribution in [0.4, 0.5) is 5.13 Å². The number of hydrogen-bond donors (Lipinski definition) is 1. The molecule has 23 heavy (non-hydrogen) atoms. The molecule has 0 radical (unpaired) electrons. The summed E-state index contributed by atoms with van der Waals surface area (Å²) in [5.74, 6) is -0.192. The fourth-order valence-electron chi connectivity index (χ4n) is 1.89. The molecule has 0 aliphatic rings. The Labute approximate surface area is 137 Å². The van der Waals surface area contributed by atoms with Crippen LogP contribution in [-0.2, 0) is 5.41 Å². The quantitative estimate of drug-likeness (QED) is 0.799. The number of carbonyl (C=O) groups is 1. The van der Waals surface area contributed by atoms with Gasteiger partial charge in [0.2, 0.25) is 0 Å². The number of amides is 1. The monoisotopic (exact) mass is 328 g/mol. The fraction of sp³-hybridized carbons (Fsp3) is 0.267. The van der Waals surface area contributed by atoms with Gasteiger partial charge in [0, 0.05) is 16.4 Å². The third-order valence-electron chi connectivity index (χ3n) is 3.24. The van der Waals surface area contributed by atoms with Crippen molar-refractivity contribution in [3.05, 3.63) is 47.2 Å². The molecular formula is C15H16N6OS. The van der Waals surface area contributed by atoms with Gasteiger partial charge < -0.3 is 0 Å².